The molecule has 0 spiro atoms. The second-order valence-corrected chi connectivity index (χ2v) is 12.2. The van der Waals surface area contributed by atoms with Crippen LogP contribution in [0.15, 0.2) is 5.16 Å². The van der Waals surface area contributed by atoms with Crippen LogP contribution in [0.2, 0.25) is 0 Å². The Labute approximate surface area is 209 Å². The highest BCUT2D eigenvalue weighted by Crippen LogP contribution is 2.44. The van der Waals surface area contributed by atoms with Gasteiger partial charge in [0.05, 0.1) is 29.0 Å². The number of rotatable bonds is 6. The van der Waals surface area contributed by atoms with Crippen LogP contribution in [0.3, 0.4) is 0 Å². The van der Waals surface area contributed by atoms with Crippen LogP contribution >= 0.6 is 23.1 Å². The van der Waals surface area contributed by atoms with Crippen molar-refractivity contribution in [2.45, 2.75) is 57.9 Å². The summed E-state index contributed by atoms with van der Waals surface area (Å²) < 4.78 is 7.38. The number of aliphatic hydroxyl groups excluding tert-OH is 1. The number of pyridine rings is 1. The number of nitrogens with zero attached hydrogens (tertiary/aromatic N) is 5. The summed E-state index contributed by atoms with van der Waals surface area (Å²) in [4.78, 5) is 21.0. The highest BCUT2D eigenvalue weighted by molar-refractivity contribution is 7.98. The minimum absolute atomic E-state index is 0.203. The van der Waals surface area contributed by atoms with Gasteiger partial charge >= 0.3 is 0 Å². The summed E-state index contributed by atoms with van der Waals surface area (Å²) in [5, 5.41) is 11.3. The van der Waals surface area contributed by atoms with Gasteiger partial charge in [-0.15, -0.1) is 11.3 Å². The molecule has 0 unspecified atom stereocenters. The van der Waals surface area contributed by atoms with Crippen molar-refractivity contribution in [3.05, 3.63) is 16.8 Å². The third-order valence-electron chi connectivity index (χ3n) is 6.81. The van der Waals surface area contributed by atoms with Gasteiger partial charge in [0, 0.05) is 55.8 Å². The van der Waals surface area contributed by atoms with Gasteiger partial charge < -0.3 is 14.7 Å². The third kappa shape index (κ3) is 4.53. The number of hydrogen-bond acceptors (Lipinski definition) is 9. The average Bonchev–Trinajstić information content (AvgIpc) is 3.16. The Morgan fingerprint density at radius 3 is 2.56 bits per heavy atom. The number of anilines is 1. The molecule has 5 rings (SSSR count). The number of ether oxygens (including phenoxy) is 1. The van der Waals surface area contributed by atoms with Crippen molar-refractivity contribution >= 4 is 49.3 Å². The quantitative estimate of drug-likeness (QED) is 0.399. The Morgan fingerprint density at radius 2 is 1.88 bits per heavy atom. The Morgan fingerprint density at radius 1 is 1.12 bits per heavy atom. The first-order valence-corrected chi connectivity index (χ1v) is 14.2. The van der Waals surface area contributed by atoms with E-state index in [9.17, 15) is 5.11 Å². The van der Waals surface area contributed by atoms with Crippen LogP contribution in [0.5, 0.6) is 0 Å². The molecule has 0 radical (unpaired) electrons. The molecule has 7 nitrogen and oxygen atoms in total. The topological polar surface area (TPSA) is 74.6 Å². The van der Waals surface area contributed by atoms with Crippen LogP contribution in [0.1, 0.15) is 44.5 Å². The van der Waals surface area contributed by atoms with Crippen LogP contribution in [0.25, 0.3) is 20.4 Å². The number of β-amino-alcohol motifs (C(OH)–C–C–N with tert-alkyl or cyclic N) is 1. The molecular formula is C25H35N5O2S2. The largest absolute Gasteiger partial charge is 0.395 e. The molecule has 0 saturated carbocycles. The normalized spacial score (nSPS) is 18.9. The van der Waals surface area contributed by atoms with E-state index in [0.29, 0.717) is 12.5 Å². The molecule has 1 saturated heterocycles. The molecule has 5 heterocycles. The minimum atomic E-state index is -0.203. The monoisotopic (exact) mass is 501 g/mol. The van der Waals surface area contributed by atoms with E-state index < -0.39 is 0 Å². The molecule has 1 N–H and O–H groups in total. The smallest absolute Gasteiger partial charge is 0.189 e. The fourth-order valence-electron chi connectivity index (χ4n) is 5.09. The van der Waals surface area contributed by atoms with Crippen LogP contribution < -0.4 is 4.90 Å². The maximum Gasteiger partial charge on any atom is 0.189 e. The first kappa shape index (κ1) is 24.2. The lowest BCUT2D eigenvalue weighted by molar-refractivity contribution is -0.0402. The van der Waals surface area contributed by atoms with E-state index in [0.717, 1.165) is 71.6 Å². The van der Waals surface area contributed by atoms with Crippen molar-refractivity contribution in [2.24, 2.45) is 5.92 Å². The molecule has 9 heteroatoms. The summed E-state index contributed by atoms with van der Waals surface area (Å²) in [6.07, 6.45) is 3.87. The summed E-state index contributed by atoms with van der Waals surface area (Å²) in [6.45, 7) is 14.1. The molecule has 2 aliphatic heterocycles. The minimum Gasteiger partial charge on any atom is -0.395 e. The van der Waals surface area contributed by atoms with E-state index in [1.165, 1.54) is 22.2 Å². The van der Waals surface area contributed by atoms with Gasteiger partial charge in [0.1, 0.15) is 4.83 Å². The van der Waals surface area contributed by atoms with Crippen LogP contribution in [-0.4, -0.2) is 76.1 Å². The van der Waals surface area contributed by atoms with Crippen LogP contribution in [-0.2, 0) is 24.2 Å². The standard InChI is InChI=1S/C25H35N5O2S2/c1-15(2)12-18-17-14-32-25(3,4)13-16(17)19-20-21(34-23(19)26-18)22(28-24(27-20)33-5)30-8-6-29(7-9-30)10-11-31/h15,31H,6-14H2,1-5H3. The molecule has 184 valence electrons. The summed E-state index contributed by atoms with van der Waals surface area (Å²) in [5.41, 5.74) is 4.66. The summed E-state index contributed by atoms with van der Waals surface area (Å²) >= 11 is 3.34. The van der Waals surface area contributed by atoms with Crippen molar-refractivity contribution < 1.29 is 9.84 Å². The Hall–Kier alpha value is -1.52. The molecule has 0 bridgehead atoms. The second-order valence-electron chi connectivity index (χ2n) is 10.4. The highest BCUT2D eigenvalue weighted by Gasteiger charge is 2.32. The van der Waals surface area contributed by atoms with Gasteiger partial charge in [0.2, 0.25) is 0 Å². The highest BCUT2D eigenvalue weighted by atomic mass is 32.2. The molecule has 0 aliphatic carbocycles. The number of aromatic nitrogens is 3. The molecule has 2 aliphatic rings. The van der Waals surface area contributed by atoms with Crippen LogP contribution in [0.4, 0.5) is 5.82 Å². The van der Waals surface area contributed by atoms with Crippen molar-refractivity contribution in [2.75, 3.05) is 50.5 Å². The van der Waals surface area contributed by atoms with Crippen molar-refractivity contribution in [3.8, 4) is 0 Å². The SMILES string of the molecule is CSc1nc(N2CCN(CCO)CC2)c2sc3nc(CC(C)C)c4c(c3c2n1)CC(C)(C)OC4. The van der Waals surface area contributed by atoms with Gasteiger partial charge in [-0.3, -0.25) is 4.90 Å². The van der Waals surface area contributed by atoms with E-state index in [2.05, 4.69) is 37.5 Å². The number of thiophene rings is 1. The fraction of sp³-hybridized carbons (Fsp3) is 0.640. The zero-order valence-corrected chi connectivity index (χ0v) is 22.5. The van der Waals surface area contributed by atoms with Crippen LogP contribution in [0, 0.1) is 5.92 Å². The molecule has 0 atom stereocenters. The zero-order chi connectivity index (χ0) is 24.0. The molecular weight excluding hydrogens is 466 g/mol. The molecule has 34 heavy (non-hydrogen) atoms. The summed E-state index contributed by atoms with van der Waals surface area (Å²) in [6, 6.07) is 0. The second kappa shape index (κ2) is 9.50. The number of hydrogen-bond donors (Lipinski definition) is 1. The lowest BCUT2D eigenvalue weighted by atomic mass is 9.88. The first-order valence-electron chi connectivity index (χ1n) is 12.2. The number of fused-ring (bicyclic) bond motifs is 5. The van der Waals surface area contributed by atoms with Crippen molar-refractivity contribution in [1.82, 2.24) is 19.9 Å². The maximum absolute atomic E-state index is 9.31. The zero-order valence-electron chi connectivity index (χ0n) is 20.8. The van der Waals surface area contributed by atoms with Gasteiger partial charge in [-0.1, -0.05) is 25.6 Å². The summed E-state index contributed by atoms with van der Waals surface area (Å²) in [7, 11) is 0. The lowest BCUT2D eigenvalue weighted by Crippen LogP contribution is -2.47. The lowest BCUT2D eigenvalue weighted by Gasteiger charge is -2.35. The molecule has 0 aromatic carbocycles. The molecule has 3 aromatic rings. The van der Waals surface area contributed by atoms with Gasteiger partial charge in [-0.05, 0) is 38.0 Å². The molecule has 1 fully saturated rings. The predicted octanol–water partition coefficient (Wildman–Crippen LogP) is 4.13. The van der Waals surface area contributed by atoms with Crippen molar-refractivity contribution in [1.29, 1.82) is 0 Å². The Balaban J connectivity index is 1.69. The van der Waals surface area contributed by atoms with E-state index in [-0.39, 0.29) is 12.2 Å². The van der Waals surface area contributed by atoms with Crippen molar-refractivity contribution in [3.63, 3.8) is 0 Å². The summed E-state index contributed by atoms with van der Waals surface area (Å²) in [5.74, 6) is 1.57. The number of thioether (sulfide) groups is 1. The average molecular weight is 502 g/mol. The maximum atomic E-state index is 9.31. The van der Waals surface area contributed by atoms with E-state index in [4.69, 9.17) is 19.7 Å². The van der Waals surface area contributed by atoms with Gasteiger partial charge in [-0.2, -0.15) is 0 Å². The number of piperazine rings is 1. The molecule has 3 aromatic heterocycles. The molecule has 0 amide bonds. The third-order valence-corrected chi connectivity index (χ3v) is 8.43. The van der Waals surface area contributed by atoms with Gasteiger partial charge in [0.25, 0.3) is 0 Å². The Bertz CT molecular complexity index is 1200. The number of aliphatic hydroxyl groups is 1. The first-order chi connectivity index (χ1) is 16.3. The van der Waals surface area contributed by atoms with E-state index in [1.54, 1.807) is 23.1 Å². The fourth-order valence-corrected chi connectivity index (χ4v) is 6.63. The van der Waals surface area contributed by atoms with Gasteiger partial charge in [-0.25, -0.2) is 15.0 Å². The van der Waals surface area contributed by atoms with E-state index in [1.807, 2.05) is 6.26 Å². The Kier molecular flexibility index (Phi) is 6.76. The predicted molar refractivity (Wildman–Crippen MR) is 141 cm³/mol. The van der Waals surface area contributed by atoms with E-state index >= 15 is 0 Å². The van der Waals surface area contributed by atoms with Gasteiger partial charge in [0.15, 0.2) is 11.0 Å².